The van der Waals surface area contributed by atoms with Crippen LogP contribution in [0.4, 0.5) is 4.79 Å². The first-order chi connectivity index (χ1) is 9.02. The van der Waals surface area contributed by atoms with E-state index >= 15 is 0 Å². The van der Waals surface area contributed by atoms with E-state index < -0.39 is 11.9 Å². The van der Waals surface area contributed by atoms with Gasteiger partial charge in [0.2, 0.25) is 0 Å². The van der Waals surface area contributed by atoms with Gasteiger partial charge in [0.05, 0.1) is 5.92 Å². The van der Waals surface area contributed by atoms with Gasteiger partial charge in [0, 0.05) is 18.1 Å². The fraction of sp³-hybridized carbons (Fsp3) is 0.385. The van der Waals surface area contributed by atoms with Crippen molar-refractivity contribution >= 4 is 23.6 Å². The number of carboxylic acid groups (broad SMARTS) is 1. The van der Waals surface area contributed by atoms with Crippen LogP contribution in [0.25, 0.3) is 0 Å². The molecule has 6 heteroatoms. The molecule has 0 heterocycles. The van der Waals surface area contributed by atoms with Crippen LogP contribution in [0.1, 0.15) is 18.9 Å². The normalized spacial score (nSPS) is 11.7. The van der Waals surface area contributed by atoms with Gasteiger partial charge in [-0.25, -0.2) is 4.79 Å². The summed E-state index contributed by atoms with van der Waals surface area (Å²) < 4.78 is 0. The van der Waals surface area contributed by atoms with Crippen molar-refractivity contribution in [2.24, 2.45) is 5.92 Å². The van der Waals surface area contributed by atoms with E-state index in [1.165, 1.54) is 0 Å². The summed E-state index contributed by atoms with van der Waals surface area (Å²) >= 11 is 5.75. The molecule has 0 fully saturated rings. The van der Waals surface area contributed by atoms with E-state index in [1.807, 2.05) is 12.1 Å². The Bertz CT molecular complexity index is 434. The lowest BCUT2D eigenvalue weighted by Crippen LogP contribution is -2.39. The lowest BCUT2D eigenvalue weighted by molar-refractivity contribution is -0.141. The highest BCUT2D eigenvalue weighted by Crippen LogP contribution is 2.09. The molecule has 0 unspecified atom stereocenters. The Balaban J connectivity index is 2.31. The van der Waals surface area contributed by atoms with Gasteiger partial charge in [0.15, 0.2) is 0 Å². The van der Waals surface area contributed by atoms with Crippen LogP contribution in [-0.4, -0.2) is 23.7 Å². The van der Waals surface area contributed by atoms with E-state index in [1.54, 1.807) is 19.1 Å². The zero-order chi connectivity index (χ0) is 14.3. The number of rotatable bonds is 6. The second-order valence-electron chi connectivity index (χ2n) is 4.13. The molecule has 1 rings (SSSR count). The third-order valence-electron chi connectivity index (χ3n) is 2.72. The molecule has 0 bridgehead atoms. The molecule has 2 amide bonds. The first-order valence-electron chi connectivity index (χ1n) is 6.02. The van der Waals surface area contributed by atoms with E-state index in [0.29, 0.717) is 18.0 Å². The molecule has 0 aliphatic carbocycles. The summed E-state index contributed by atoms with van der Waals surface area (Å²) in [6.07, 6.45) is 0.479. The molecule has 104 valence electrons. The molecule has 1 atom stereocenters. The topological polar surface area (TPSA) is 78.4 Å². The predicted molar refractivity (Wildman–Crippen MR) is 73.1 cm³/mol. The maximum atomic E-state index is 11.5. The van der Waals surface area contributed by atoms with Crippen molar-refractivity contribution in [1.29, 1.82) is 0 Å². The number of carbonyl (C=O) groups excluding carboxylic acids is 1. The van der Waals surface area contributed by atoms with E-state index in [0.717, 1.165) is 5.56 Å². The Morgan fingerprint density at radius 3 is 2.42 bits per heavy atom. The molecule has 0 aromatic heterocycles. The molecule has 0 spiro atoms. The maximum absolute atomic E-state index is 11.5. The van der Waals surface area contributed by atoms with Gasteiger partial charge in [-0.3, -0.25) is 4.79 Å². The van der Waals surface area contributed by atoms with E-state index in [9.17, 15) is 9.59 Å². The van der Waals surface area contributed by atoms with Crippen molar-refractivity contribution in [2.45, 2.75) is 19.9 Å². The van der Waals surface area contributed by atoms with E-state index in [-0.39, 0.29) is 12.6 Å². The summed E-state index contributed by atoms with van der Waals surface area (Å²) in [6.45, 7) is 2.26. The van der Waals surface area contributed by atoms with Gasteiger partial charge in [0.25, 0.3) is 0 Å². The largest absolute Gasteiger partial charge is 0.481 e. The van der Waals surface area contributed by atoms with Crippen molar-refractivity contribution in [3.63, 3.8) is 0 Å². The zero-order valence-corrected chi connectivity index (χ0v) is 11.4. The first kappa shape index (κ1) is 15.3. The van der Waals surface area contributed by atoms with E-state index in [2.05, 4.69) is 10.6 Å². The molecule has 3 N–H and O–H groups in total. The van der Waals surface area contributed by atoms with Crippen LogP contribution in [0.15, 0.2) is 24.3 Å². The smallest absolute Gasteiger partial charge is 0.315 e. The van der Waals surface area contributed by atoms with E-state index in [4.69, 9.17) is 16.7 Å². The first-order valence-corrected chi connectivity index (χ1v) is 6.39. The summed E-state index contributed by atoms with van der Waals surface area (Å²) in [5, 5.41) is 14.7. The SMILES string of the molecule is CC[C@H](CNC(=O)NCc1ccc(Cl)cc1)C(=O)O. The minimum absolute atomic E-state index is 0.123. The van der Waals surface area contributed by atoms with Crippen LogP contribution in [0.3, 0.4) is 0 Å². The highest BCUT2D eigenvalue weighted by molar-refractivity contribution is 6.30. The van der Waals surface area contributed by atoms with Crippen LogP contribution < -0.4 is 10.6 Å². The Morgan fingerprint density at radius 1 is 1.26 bits per heavy atom. The number of halogens is 1. The Kier molecular flexibility index (Phi) is 6.15. The Labute approximate surface area is 117 Å². The monoisotopic (exact) mass is 284 g/mol. The molecule has 0 saturated heterocycles. The molecule has 1 aromatic rings. The number of urea groups is 1. The van der Waals surface area contributed by atoms with Crippen LogP contribution in [0.2, 0.25) is 5.02 Å². The summed E-state index contributed by atoms with van der Waals surface area (Å²) in [5.74, 6) is -1.46. The standard InChI is InChI=1S/C13H17ClN2O3/c1-2-10(12(17)18)8-16-13(19)15-7-9-3-5-11(14)6-4-9/h3-6,10H,2,7-8H2,1H3,(H,17,18)(H2,15,16,19)/t10-/m1/s1. The van der Waals surface area contributed by atoms with Gasteiger partial charge in [-0.2, -0.15) is 0 Å². The number of nitrogens with one attached hydrogen (secondary N) is 2. The molecule has 0 saturated carbocycles. The highest BCUT2D eigenvalue weighted by atomic mass is 35.5. The summed E-state index contributed by atoms with van der Waals surface area (Å²) in [7, 11) is 0. The second kappa shape index (κ2) is 7.63. The average molecular weight is 285 g/mol. The van der Waals surface area contributed by atoms with Crippen LogP contribution in [0, 0.1) is 5.92 Å². The van der Waals surface area contributed by atoms with Gasteiger partial charge in [-0.05, 0) is 24.1 Å². The van der Waals surface area contributed by atoms with Crippen molar-refractivity contribution in [1.82, 2.24) is 10.6 Å². The third kappa shape index (κ3) is 5.61. The molecule has 0 aliphatic rings. The zero-order valence-electron chi connectivity index (χ0n) is 10.6. The maximum Gasteiger partial charge on any atom is 0.315 e. The van der Waals surface area contributed by atoms with Crippen LogP contribution in [-0.2, 0) is 11.3 Å². The number of hydrogen-bond acceptors (Lipinski definition) is 2. The van der Waals surface area contributed by atoms with Crippen molar-refractivity contribution in [3.8, 4) is 0 Å². The van der Waals surface area contributed by atoms with Gasteiger partial charge in [-0.1, -0.05) is 30.7 Å². The fourth-order valence-corrected chi connectivity index (χ4v) is 1.60. The average Bonchev–Trinajstić information content (AvgIpc) is 2.38. The van der Waals surface area contributed by atoms with Crippen molar-refractivity contribution < 1.29 is 14.7 Å². The van der Waals surface area contributed by atoms with Crippen LogP contribution in [0.5, 0.6) is 0 Å². The number of aliphatic carboxylic acids is 1. The third-order valence-corrected chi connectivity index (χ3v) is 2.97. The van der Waals surface area contributed by atoms with Gasteiger partial charge in [-0.15, -0.1) is 0 Å². The molecular formula is C13H17ClN2O3. The van der Waals surface area contributed by atoms with Crippen molar-refractivity contribution in [3.05, 3.63) is 34.9 Å². The number of carboxylic acids is 1. The quantitative estimate of drug-likeness (QED) is 0.750. The number of hydrogen-bond donors (Lipinski definition) is 3. The predicted octanol–water partition coefficient (Wildman–Crippen LogP) is 2.25. The molecular weight excluding hydrogens is 268 g/mol. The Morgan fingerprint density at radius 2 is 1.89 bits per heavy atom. The Hall–Kier alpha value is -1.75. The number of amides is 2. The summed E-state index contributed by atoms with van der Waals surface area (Å²) in [6, 6.07) is 6.74. The van der Waals surface area contributed by atoms with Crippen LogP contribution >= 0.6 is 11.6 Å². The fourth-order valence-electron chi connectivity index (χ4n) is 1.47. The lowest BCUT2D eigenvalue weighted by atomic mass is 10.1. The summed E-state index contributed by atoms with van der Waals surface area (Å²) in [5.41, 5.74) is 0.921. The van der Waals surface area contributed by atoms with Crippen molar-refractivity contribution in [2.75, 3.05) is 6.54 Å². The van der Waals surface area contributed by atoms with Gasteiger partial charge < -0.3 is 15.7 Å². The minimum Gasteiger partial charge on any atom is -0.481 e. The van der Waals surface area contributed by atoms with Gasteiger partial charge in [0.1, 0.15) is 0 Å². The highest BCUT2D eigenvalue weighted by Gasteiger charge is 2.15. The molecule has 1 aromatic carbocycles. The molecule has 0 aliphatic heterocycles. The number of carbonyl (C=O) groups is 2. The summed E-state index contributed by atoms with van der Waals surface area (Å²) in [4.78, 5) is 22.3. The second-order valence-corrected chi connectivity index (χ2v) is 4.57. The molecule has 5 nitrogen and oxygen atoms in total. The minimum atomic E-state index is -0.902. The molecule has 0 radical (unpaired) electrons. The number of benzene rings is 1. The van der Waals surface area contributed by atoms with Gasteiger partial charge >= 0.3 is 12.0 Å². The lowest BCUT2D eigenvalue weighted by Gasteiger charge is -2.12. The molecule has 19 heavy (non-hydrogen) atoms.